The van der Waals surface area contributed by atoms with Gasteiger partial charge in [0, 0.05) is 12.8 Å². The molecule has 0 saturated carbocycles. The first-order valence-corrected chi connectivity index (χ1v) is 25.9. The summed E-state index contributed by atoms with van der Waals surface area (Å²) in [5, 5.41) is 22.9. The summed E-state index contributed by atoms with van der Waals surface area (Å²) in [7, 11) is 0. The van der Waals surface area contributed by atoms with E-state index in [1.165, 1.54) is 161 Å². The highest BCUT2D eigenvalue weighted by Crippen LogP contribution is 2.14. The highest BCUT2D eigenvalue weighted by Gasteiger charge is 2.18. The lowest BCUT2D eigenvalue weighted by molar-refractivity contribution is -0.143. The fourth-order valence-electron chi connectivity index (χ4n) is 7.54. The topological polar surface area (TPSA) is 95.9 Å². The van der Waals surface area contributed by atoms with Crippen LogP contribution in [0, 0.1) is 0 Å². The molecule has 350 valence electrons. The summed E-state index contributed by atoms with van der Waals surface area (Å²) in [6.45, 7) is 4.82. The maximum absolute atomic E-state index is 12.4. The first kappa shape index (κ1) is 57.8. The number of aliphatic hydroxyl groups is 2. The Morgan fingerprint density at radius 3 is 1.32 bits per heavy atom. The van der Waals surface area contributed by atoms with Gasteiger partial charge in [0.15, 0.2) is 0 Å². The van der Waals surface area contributed by atoms with Crippen LogP contribution < -0.4 is 5.32 Å². The Morgan fingerprint density at radius 2 is 0.833 bits per heavy atom. The Hall–Kier alpha value is -2.18. The van der Waals surface area contributed by atoms with Gasteiger partial charge < -0.3 is 20.3 Å². The van der Waals surface area contributed by atoms with Gasteiger partial charge in [0.25, 0.3) is 0 Å². The number of carbonyl (C=O) groups excluding carboxylic acids is 2. The molecule has 0 bridgehead atoms. The van der Waals surface area contributed by atoms with E-state index in [-0.39, 0.29) is 18.5 Å². The van der Waals surface area contributed by atoms with Gasteiger partial charge >= 0.3 is 5.97 Å². The summed E-state index contributed by atoms with van der Waals surface area (Å²) in [5.74, 6) is -0.0992. The Kier molecular flexibility index (Phi) is 47.7. The highest BCUT2D eigenvalue weighted by molar-refractivity contribution is 5.76. The molecule has 6 heteroatoms. The van der Waals surface area contributed by atoms with E-state index in [2.05, 4.69) is 55.6 Å². The quantitative estimate of drug-likeness (QED) is 0.0322. The molecule has 0 fully saturated rings. The van der Waals surface area contributed by atoms with Crippen molar-refractivity contribution in [1.29, 1.82) is 0 Å². The maximum Gasteiger partial charge on any atom is 0.305 e. The van der Waals surface area contributed by atoms with Crippen molar-refractivity contribution in [2.75, 3.05) is 13.2 Å². The third kappa shape index (κ3) is 45.3. The summed E-state index contributed by atoms with van der Waals surface area (Å²) in [6, 6.07) is -0.637. The molecule has 0 aliphatic rings. The highest BCUT2D eigenvalue weighted by atomic mass is 16.5. The molecule has 1 amide bonds. The standard InChI is InChI=1S/C54H99NO5/c1-3-5-7-9-11-13-15-16-21-25-28-32-36-40-44-48-54(59)60-49-45-41-37-33-29-26-23-20-18-17-19-22-24-27-31-35-39-43-47-53(58)55-51(50-56)52(57)46-42-38-34-30-14-12-10-8-6-4-2/h11,13,16,19,21-22,42,46,51-52,56-57H,3-10,12,14-15,17-18,20,23-41,43-45,47-50H2,1-2H3,(H,55,58)/b13-11-,21-16-,22-19-,46-42+. The van der Waals surface area contributed by atoms with Crippen LogP contribution in [0.1, 0.15) is 258 Å². The SMILES string of the molecule is CCCCC/C=C\C/C=C\CCCCCCCC(=O)OCCCCCCCCCCC/C=C\CCCCCCCC(=O)NC(CO)C(O)/C=C/CCCCCCCCCC. The van der Waals surface area contributed by atoms with E-state index in [0.29, 0.717) is 19.4 Å². The van der Waals surface area contributed by atoms with E-state index in [4.69, 9.17) is 4.74 Å². The van der Waals surface area contributed by atoms with E-state index in [0.717, 1.165) is 70.6 Å². The largest absolute Gasteiger partial charge is 0.466 e. The molecule has 3 N–H and O–H groups in total. The molecule has 60 heavy (non-hydrogen) atoms. The van der Waals surface area contributed by atoms with Crippen LogP contribution >= 0.6 is 0 Å². The predicted molar refractivity (Wildman–Crippen MR) is 259 cm³/mol. The number of carbonyl (C=O) groups is 2. The molecule has 0 radical (unpaired) electrons. The van der Waals surface area contributed by atoms with Gasteiger partial charge in [0.1, 0.15) is 0 Å². The summed E-state index contributed by atoms with van der Waals surface area (Å²) in [6.07, 6.45) is 61.1. The number of ether oxygens (including phenoxy) is 1. The molecule has 0 aliphatic heterocycles. The monoisotopic (exact) mass is 842 g/mol. The lowest BCUT2D eigenvalue weighted by Gasteiger charge is -2.20. The second-order valence-electron chi connectivity index (χ2n) is 17.5. The molecule has 6 nitrogen and oxygen atoms in total. The molecule has 0 aromatic carbocycles. The molecule has 0 aromatic rings. The zero-order valence-electron chi connectivity index (χ0n) is 39.7. The number of hydrogen-bond acceptors (Lipinski definition) is 5. The third-order valence-corrected chi connectivity index (χ3v) is 11.6. The van der Waals surface area contributed by atoms with Gasteiger partial charge in [0.2, 0.25) is 5.91 Å². The smallest absolute Gasteiger partial charge is 0.305 e. The Morgan fingerprint density at radius 1 is 0.467 bits per heavy atom. The van der Waals surface area contributed by atoms with Crippen molar-refractivity contribution in [1.82, 2.24) is 5.32 Å². The van der Waals surface area contributed by atoms with Crippen molar-refractivity contribution in [3.05, 3.63) is 48.6 Å². The molecule has 2 atom stereocenters. The molecule has 2 unspecified atom stereocenters. The van der Waals surface area contributed by atoms with Crippen LogP contribution in [0.2, 0.25) is 0 Å². The third-order valence-electron chi connectivity index (χ3n) is 11.6. The average molecular weight is 842 g/mol. The maximum atomic E-state index is 12.4. The van der Waals surface area contributed by atoms with Crippen LogP contribution in [0.5, 0.6) is 0 Å². The molecule has 0 aromatic heterocycles. The Balaban J connectivity index is 3.47. The Labute approximate surface area is 372 Å². The van der Waals surface area contributed by atoms with Crippen molar-refractivity contribution >= 4 is 11.9 Å². The number of allylic oxidation sites excluding steroid dienone is 7. The minimum absolute atomic E-state index is 0.0131. The zero-order valence-corrected chi connectivity index (χ0v) is 39.7. The van der Waals surface area contributed by atoms with E-state index < -0.39 is 12.1 Å². The van der Waals surface area contributed by atoms with E-state index in [1.807, 2.05) is 6.08 Å². The number of hydrogen-bond donors (Lipinski definition) is 3. The fraction of sp³-hybridized carbons (Fsp3) is 0.815. The zero-order chi connectivity index (χ0) is 43.7. The predicted octanol–water partition coefficient (Wildman–Crippen LogP) is 15.5. The van der Waals surface area contributed by atoms with Crippen molar-refractivity contribution < 1.29 is 24.5 Å². The number of amides is 1. The second kappa shape index (κ2) is 49.5. The summed E-state index contributed by atoms with van der Waals surface area (Å²) >= 11 is 0. The number of nitrogens with one attached hydrogen (secondary N) is 1. The van der Waals surface area contributed by atoms with Crippen LogP contribution in [0.4, 0.5) is 0 Å². The van der Waals surface area contributed by atoms with Gasteiger partial charge in [0.05, 0.1) is 25.4 Å². The van der Waals surface area contributed by atoms with Crippen molar-refractivity contribution in [2.24, 2.45) is 0 Å². The van der Waals surface area contributed by atoms with Crippen LogP contribution in [0.25, 0.3) is 0 Å². The van der Waals surface area contributed by atoms with Gasteiger partial charge in [-0.2, -0.15) is 0 Å². The molecular weight excluding hydrogens is 743 g/mol. The van der Waals surface area contributed by atoms with Crippen LogP contribution in [0.15, 0.2) is 48.6 Å². The number of esters is 1. The molecule has 0 heterocycles. The first-order valence-electron chi connectivity index (χ1n) is 25.9. The minimum atomic E-state index is -0.852. The van der Waals surface area contributed by atoms with Gasteiger partial charge in [-0.05, 0) is 89.9 Å². The number of aliphatic hydroxyl groups excluding tert-OH is 2. The van der Waals surface area contributed by atoms with Crippen LogP contribution in [-0.2, 0) is 14.3 Å². The van der Waals surface area contributed by atoms with Crippen LogP contribution in [-0.4, -0.2) is 47.4 Å². The second-order valence-corrected chi connectivity index (χ2v) is 17.5. The summed E-state index contributed by atoms with van der Waals surface area (Å²) < 4.78 is 5.46. The van der Waals surface area contributed by atoms with Gasteiger partial charge in [-0.1, -0.05) is 204 Å². The molecular formula is C54H99NO5. The molecule has 0 rings (SSSR count). The Bertz CT molecular complexity index is 1020. The fourth-order valence-corrected chi connectivity index (χ4v) is 7.54. The number of unbranched alkanes of at least 4 members (excludes halogenated alkanes) is 30. The van der Waals surface area contributed by atoms with Gasteiger partial charge in [-0.3, -0.25) is 9.59 Å². The van der Waals surface area contributed by atoms with E-state index >= 15 is 0 Å². The molecule has 0 saturated heterocycles. The normalized spacial score (nSPS) is 13.1. The summed E-state index contributed by atoms with van der Waals surface area (Å²) in [5.41, 5.74) is 0. The molecule has 0 spiro atoms. The van der Waals surface area contributed by atoms with Crippen molar-refractivity contribution in [3.63, 3.8) is 0 Å². The number of rotatable bonds is 47. The van der Waals surface area contributed by atoms with Gasteiger partial charge in [-0.15, -0.1) is 0 Å². The average Bonchev–Trinajstić information content (AvgIpc) is 3.25. The van der Waals surface area contributed by atoms with Gasteiger partial charge in [-0.25, -0.2) is 0 Å². The van der Waals surface area contributed by atoms with Crippen molar-refractivity contribution in [3.8, 4) is 0 Å². The van der Waals surface area contributed by atoms with E-state index in [9.17, 15) is 19.8 Å². The van der Waals surface area contributed by atoms with Crippen molar-refractivity contribution in [2.45, 2.75) is 270 Å². The minimum Gasteiger partial charge on any atom is -0.466 e. The van der Waals surface area contributed by atoms with E-state index in [1.54, 1.807) is 6.08 Å². The summed E-state index contributed by atoms with van der Waals surface area (Å²) in [4.78, 5) is 24.4. The lowest BCUT2D eigenvalue weighted by Crippen LogP contribution is -2.45. The molecule has 0 aliphatic carbocycles. The first-order chi connectivity index (χ1) is 29.5. The lowest BCUT2D eigenvalue weighted by atomic mass is 10.1. The van der Waals surface area contributed by atoms with Crippen LogP contribution in [0.3, 0.4) is 0 Å².